The normalized spacial score (nSPS) is 19.4. The van der Waals surface area contributed by atoms with Gasteiger partial charge in [0.1, 0.15) is 0 Å². The highest BCUT2D eigenvalue weighted by atomic mass is 15.2. The van der Waals surface area contributed by atoms with E-state index < -0.39 is 0 Å². The second-order valence-corrected chi connectivity index (χ2v) is 5.40. The lowest BCUT2D eigenvalue weighted by atomic mass is 10.2. The molecule has 5 nitrogen and oxygen atoms in total. The van der Waals surface area contributed by atoms with Gasteiger partial charge in [0.15, 0.2) is 0 Å². The molecule has 0 spiro atoms. The number of likely N-dealkylation sites (N-methyl/N-ethyl adjacent to an activating group) is 1. The van der Waals surface area contributed by atoms with E-state index in [0.717, 1.165) is 44.1 Å². The van der Waals surface area contributed by atoms with Gasteiger partial charge in [-0.25, -0.2) is 9.97 Å². The zero-order valence-electron chi connectivity index (χ0n) is 12.7. The monoisotopic (exact) mass is 277 g/mol. The van der Waals surface area contributed by atoms with E-state index in [9.17, 15) is 0 Å². The van der Waals surface area contributed by atoms with Crippen LogP contribution in [0.5, 0.6) is 0 Å². The predicted molar refractivity (Wildman–Crippen MR) is 82.8 cm³/mol. The number of likely N-dealkylation sites (tertiary alicyclic amines) is 1. The molecule has 2 heterocycles. The van der Waals surface area contributed by atoms with Crippen molar-refractivity contribution < 1.29 is 0 Å². The molecule has 1 aromatic heterocycles. The van der Waals surface area contributed by atoms with Gasteiger partial charge in [0.25, 0.3) is 0 Å². The average molecular weight is 277 g/mol. The molecule has 1 saturated heterocycles. The maximum Gasteiger partial charge on any atom is 0.222 e. The van der Waals surface area contributed by atoms with Crippen LogP contribution in [0.1, 0.15) is 38.7 Å². The first-order valence-electron chi connectivity index (χ1n) is 7.83. The summed E-state index contributed by atoms with van der Waals surface area (Å²) in [5, 5.41) is 6.71. The topological polar surface area (TPSA) is 53.1 Å². The smallest absolute Gasteiger partial charge is 0.222 e. The highest BCUT2D eigenvalue weighted by Crippen LogP contribution is 2.15. The van der Waals surface area contributed by atoms with Crippen molar-refractivity contribution in [2.75, 3.05) is 31.5 Å². The van der Waals surface area contributed by atoms with Gasteiger partial charge in [-0.15, -0.1) is 0 Å². The molecule has 1 aromatic rings. The molecule has 1 unspecified atom stereocenters. The average Bonchev–Trinajstić information content (AvgIpc) is 2.94. The summed E-state index contributed by atoms with van der Waals surface area (Å²) in [5.74, 6) is 0.726. The Balaban J connectivity index is 1.71. The number of anilines is 1. The summed E-state index contributed by atoms with van der Waals surface area (Å²) >= 11 is 0. The van der Waals surface area contributed by atoms with E-state index in [-0.39, 0.29) is 0 Å². The van der Waals surface area contributed by atoms with Crippen LogP contribution in [0.3, 0.4) is 0 Å². The van der Waals surface area contributed by atoms with E-state index in [0.29, 0.717) is 6.04 Å². The van der Waals surface area contributed by atoms with Gasteiger partial charge in [0, 0.05) is 43.6 Å². The van der Waals surface area contributed by atoms with Gasteiger partial charge in [0.2, 0.25) is 5.95 Å². The van der Waals surface area contributed by atoms with Crippen LogP contribution in [0.25, 0.3) is 0 Å². The summed E-state index contributed by atoms with van der Waals surface area (Å²) in [4.78, 5) is 11.2. The molecule has 0 amide bonds. The Morgan fingerprint density at radius 3 is 2.80 bits per heavy atom. The maximum atomic E-state index is 4.33. The largest absolute Gasteiger partial charge is 0.354 e. The molecule has 1 aliphatic heterocycles. The van der Waals surface area contributed by atoms with Gasteiger partial charge < -0.3 is 10.6 Å². The highest BCUT2D eigenvalue weighted by molar-refractivity contribution is 5.24. The first-order chi connectivity index (χ1) is 9.83. The van der Waals surface area contributed by atoms with Crippen molar-refractivity contribution in [1.29, 1.82) is 0 Å². The minimum absolute atomic E-state index is 0.700. The molecule has 2 N–H and O–H groups in total. The highest BCUT2D eigenvalue weighted by Gasteiger charge is 2.21. The minimum atomic E-state index is 0.700. The molecule has 0 saturated carbocycles. The second kappa shape index (κ2) is 8.17. The molecule has 1 atom stereocenters. The van der Waals surface area contributed by atoms with E-state index in [2.05, 4.69) is 39.3 Å². The van der Waals surface area contributed by atoms with Gasteiger partial charge in [-0.3, -0.25) is 4.90 Å². The molecule has 0 aromatic carbocycles. The number of nitrogens with one attached hydrogen (secondary N) is 2. The number of nitrogens with zero attached hydrogens (tertiary/aromatic N) is 3. The number of hydrogen-bond donors (Lipinski definition) is 2. The lowest BCUT2D eigenvalue weighted by Gasteiger charge is -2.22. The molecule has 0 bridgehead atoms. The molecule has 1 fully saturated rings. The molecule has 0 aliphatic carbocycles. The van der Waals surface area contributed by atoms with E-state index in [1.54, 1.807) is 0 Å². The van der Waals surface area contributed by atoms with Crippen LogP contribution in [0.2, 0.25) is 0 Å². The fourth-order valence-electron chi connectivity index (χ4n) is 2.70. The predicted octanol–water partition coefficient (Wildman–Crippen LogP) is 1.87. The van der Waals surface area contributed by atoms with E-state index >= 15 is 0 Å². The Labute approximate surface area is 122 Å². The maximum absolute atomic E-state index is 4.33. The Kier molecular flexibility index (Phi) is 6.21. The zero-order valence-corrected chi connectivity index (χ0v) is 12.7. The summed E-state index contributed by atoms with van der Waals surface area (Å²) < 4.78 is 0. The van der Waals surface area contributed by atoms with Crippen molar-refractivity contribution in [3.8, 4) is 0 Å². The van der Waals surface area contributed by atoms with Crippen LogP contribution < -0.4 is 10.6 Å². The molecule has 5 heteroatoms. The molecular formula is C15H27N5. The third kappa shape index (κ3) is 4.42. The summed E-state index contributed by atoms with van der Waals surface area (Å²) in [6.45, 7) is 9.62. The second-order valence-electron chi connectivity index (χ2n) is 5.40. The summed E-state index contributed by atoms with van der Waals surface area (Å²) in [7, 11) is 0. The number of aromatic nitrogens is 2. The lowest BCUT2D eigenvalue weighted by Crippen LogP contribution is -2.37. The molecule has 20 heavy (non-hydrogen) atoms. The van der Waals surface area contributed by atoms with Gasteiger partial charge in [-0.05, 0) is 32.4 Å². The number of rotatable bonds is 8. The third-order valence-electron chi connectivity index (χ3n) is 3.85. The fourth-order valence-corrected chi connectivity index (χ4v) is 2.70. The van der Waals surface area contributed by atoms with Crippen molar-refractivity contribution >= 4 is 5.95 Å². The first-order valence-corrected chi connectivity index (χ1v) is 7.83. The fraction of sp³-hybridized carbons (Fsp3) is 0.733. The SMILES string of the molecule is CCCNc1ncc(CNCC2CCCN2CC)cn1. The van der Waals surface area contributed by atoms with Gasteiger partial charge in [0.05, 0.1) is 0 Å². The summed E-state index contributed by atoms with van der Waals surface area (Å²) in [6.07, 6.45) is 7.55. The lowest BCUT2D eigenvalue weighted by molar-refractivity contribution is 0.260. The van der Waals surface area contributed by atoms with Crippen LogP contribution in [0.15, 0.2) is 12.4 Å². The van der Waals surface area contributed by atoms with Crippen molar-refractivity contribution in [2.24, 2.45) is 0 Å². The van der Waals surface area contributed by atoms with Crippen molar-refractivity contribution in [1.82, 2.24) is 20.2 Å². The van der Waals surface area contributed by atoms with E-state index in [4.69, 9.17) is 0 Å². The Morgan fingerprint density at radius 2 is 2.10 bits per heavy atom. The Morgan fingerprint density at radius 1 is 1.30 bits per heavy atom. The molecular weight excluding hydrogens is 250 g/mol. The van der Waals surface area contributed by atoms with Gasteiger partial charge >= 0.3 is 0 Å². The van der Waals surface area contributed by atoms with Crippen LogP contribution in [-0.2, 0) is 6.54 Å². The molecule has 0 radical (unpaired) electrons. The molecule has 1 aliphatic rings. The standard InChI is InChI=1S/C15H27N5/c1-3-7-17-15-18-10-13(11-19-15)9-16-12-14-6-5-8-20(14)4-2/h10-11,14,16H,3-9,12H2,1-2H3,(H,17,18,19). The quantitative estimate of drug-likeness (QED) is 0.760. The summed E-state index contributed by atoms with van der Waals surface area (Å²) in [6, 6.07) is 0.700. The molecule has 112 valence electrons. The third-order valence-corrected chi connectivity index (χ3v) is 3.85. The van der Waals surface area contributed by atoms with E-state index in [1.165, 1.54) is 19.4 Å². The molecule has 2 rings (SSSR count). The van der Waals surface area contributed by atoms with E-state index in [1.807, 2.05) is 12.4 Å². The minimum Gasteiger partial charge on any atom is -0.354 e. The first kappa shape index (κ1) is 15.2. The van der Waals surface area contributed by atoms with Crippen LogP contribution in [0.4, 0.5) is 5.95 Å². The van der Waals surface area contributed by atoms with Gasteiger partial charge in [-0.1, -0.05) is 13.8 Å². The van der Waals surface area contributed by atoms with Crippen molar-refractivity contribution in [3.63, 3.8) is 0 Å². The van der Waals surface area contributed by atoms with Crippen LogP contribution >= 0.6 is 0 Å². The Bertz CT molecular complexity index is 378. The van der Waals surface area contributed by atoms with Crippen molar-refractivity contribution in [3.05, 3.63) is 18.0 Å². The Hall–Kier alpha value is -1.20. The van der Waals surface area contributed by atoms with Gasteiger partial charge in [-0.2, -0.15) is 0 Å². The van der Waals surface area contributed by atoms with Crippen LogP contribution in [-0.4, -0.2) is 47.1 Å². The van der Waals surface area contributed by atoms with Crippen molar-refractivity contribution in [2.45, 2.75) is 45.7 Å². The number of hydrogen-bond acceptors (Lipinski definition) is 5. The zero-order chi connectivity index (χ0) is 14.2. The van der Waals surface area contributed by atoms with Crippen LogP contribution in [0, 0.1) is 0 Å². The summed E-state index contributed by atoms with van der Waals surface area (Å²) in [5.41, 5.74) is 1.15.